The molecule has 0 bridgehead atoms. The lowest BCUT2D eigenvalue weighted by atomic mass is 9.40. The second kappa shape index (κ2) is 9.91. The van der Waals surface area contributed by atoms with E-state index in [1.807, 2.05) is 6.92 Å². The van der Waals surface area contributed by atoms with Crippen molar-refractivity contribution in [3.05, 3.63) is 11.6 Å². The van der Waals surface area contributed by atoms with Crippen LogP contribution in [0.5, 0.6) is 0 Å². The van der Waals surface area contributed by atoms with Crippen LogP contribution in [0.2, 0.25) is 0 Å². The number of carbonyl (C=O) groups excluding carboxylic acids is 1. The van der Waals surface area contributed by atoms with E-state index in [1.165, 1.54) is 13.0 Å². The van der Waals surface area contributed by atoms with Crippen LogP contribution in [0.1, 0.15) is 58.8 Å². The van der Waals surface area contributed by atoms with E-state index >= 15 is 0 Å². The molecule has 0 aromatic rings. The van der Waals surface area contributed by atoms with Gasteiger partial charge in [0.25, 0.3) is 0 Å². The predicted molar refractivity (Wildman–Crippen MR) is 139 cm³/mol. The summed E-state index contributed by atoms with van der Waals surface area (Å²) in [5.41, 5.74) is -4.46. The second-order valence-corrected chi connectivity index (χ2v) is 13.8. The van der Waals surface area contributed by atoms with Crippen molar-refractivity contribution in [1.82, 2.24) is 0 Å². The summed E-state index contributed by atoms with van der Waals surface area (Å²) < 4.78 is 16.7. The molecule has 2 heterocycles. The fourth-order valence-electron chi connectivity index (χ4n) is 10.1. The van der Waals surface area contributed by atoms with E-state index in [0.29, 0.717) is 19.3 Å². The standard InChI is InChI=1S/C29H44O12/c1-13-22(34)23(35)24(36)25(40-13)41-15-8-19(32)28(12-30)21-17(3-5-27(28,37)9-15)29(38)6-4-16(14-7-20(33)39-11-14)26(29,2)10-18(21)31/h7,13,15-19,21-25,30-32,34-38H,3-6,8-12H2,1-2H3/t13-,15+,16-,17?,18-,19-,21?,22+,23+,24+,25+,26-,27+,28-,29+/m1/s1. The third-order valence-corrected chi connectivity index (χ3v) is 12.2. The van der Waals surface area contributed by atoms with Crippen molar-refractivity contribution in [2.24, 2.45) is 28.6 Å². The largest absolute Gasteiger partial charge is 0.458 e. The Morgan fingerprint density at radius 1 is 1.02 bits per heavy atom. The molecule has 41 heavy (non-hydrogen) atoms. The fourth-order valence-corrected chi connectivity index (χ4v) is 10.1. The number of hydrogen-bond acceptors (Lipinski definition) is 12. The molecule has 0 radical (unpaired) electrons. The average molecular weight is 585 g/mol. The molecule has 1 saturated heterocycles. The number of hydrogen-bond donors (Lipinski definition) is 8. The summed E-state index contributed by atoms with van der Waals surface area (Å²) in [4.78, 5) is 11.8. The minimum atomic E-state index is -1.67. The van der Waals surface area contributed by atoms with Gasteiger partial charge >= 0.3 is 5.97 Å². The number of ether oxygens (including phenoxy) is 3. The molecular formula is C29H44O12. The van der Waals surface area contributed by atoms with Gasteiger partial charge in [0.05, 0.1) is 47.6 Å². The molecule has 0 amide bonds. The zero-order valence-electron chi connectivity index (χ0n) is 23.5. The summed E-state index contributed by atoms with van der Waals surface area (Å²) in [6.45, 7) is 3.00. The van der Waals surface area contributed by atoms with Gasteiger partial charge in [-0.2, -0.15) is 0 Å². The van der Waals surface area contributed by atoms with Gasteiger partial charge in [-0.15, -0.1) is 0 Å². The maximum absolute atomic E-state index is 12.4. The first kappa shape index (κ1) is 29.9. The lowest BCUT2D eigenvalue weighted by molar-refractivity contribution is -0.342. The first-order valence-corrected chi connectivity index (χ1v) is 14.9. The molecule has 5 fully saturated rings. The molecule has 6 rings (SSSR count). The summed E-state index contributed by atoms with van der Waals surface area (Å²) in [5.74, 6) is -1.93. The third kappa shape index (κ3) is 3.99. The summed E-state index contributed by atoms with van der Waals surface area (Å²) in [5, 5.41) is 89.6. The molecule has 12 nitrogen and oxygen atoms in total. The summed E-state index contributed by atoms with van der Waals surface area (Å²) in [6, 6.07) is 0. The number of carbonyl (C=O) groups is 1. The Kier molecular flexibility index (Phi) is 7.22. The van der Waals surface area contributed by atoms with Crippen LogP contribution in [0.25, 0.3) is 0 Å². The highest BCUT2D eigenvalue weighted by Crippen LogP contribution is 2.70. The molecule has 8 N–H and O–H groups in total. The zero-order chi connectivity index (χ0) is 29.7. The zero-order valence-corrected chi connectivity index (χ0v) is 23.5. The van der Waals surface area contributed by atoms with E-state index in [-0.39, 0.29) is 38.2 Å². The molecule has 232 valence electrons. The summed E-state index contributed by atoms with van der Waals surface area (Å²) in [7, 11) is 0. The van der Waals surface area contributed by atoms with Crippen LogP contribution in [0, 0.1) is 28.6 Å². The molecule has 4 saturated carbocycles. The Balaban J connectivity index is 1.28. The molecule has 12 heteroatoms. The Hall–Kier alpha value is -1.19. The molecule has 2 unspecified atom stereocenters. The smallest absolute Gasteiger partial charge is 0.331 e. The van der Waals surface area contributed by atoms with E-state index in [0.717, 1.165) is 5.57 Å². The summed E-state index contributed by atoms with van der Waals surface area (Å²) >= 11 is 0. The SMILES string of the molecule is C[C@H]1O[C@@H](O[C@H]2C[C@@H](O)[C@]3(CO)C4C(CC[C@]3(O)C2)[C@@]2(O)CC[C@H](C3=CC(=O)OC3)[C@@]2(C)C[C@H]4O)[C@@H](O)[C@@H](O)[C@H]1O. The normalized spacial score (nSPS) is 56.9. The number of fused-ring (bicyclic) bond motifs is 5. The van der Waals surface area contributed by atoms with Crippen molar-refractivity contribution in [2.75, 3.05) is 13.2 Å². The monoisotopic (exact) mass is 584 g/mol. The maximum Gasteiger partial charge on any atom is 0.331 e. The molecule has 6 aliphatic rings. The molecule has 4 aliphatic carbocycles. The maximum atomic E-state index is 12.4. The van der Waals surface area contributed by atoms with Crippen LogP contribution in [-0.4, -0.2) is 120 Å². The predicted octanol–water partition coefficient (Wildman–Crippen LogP) is -1.51. The Bertz CT molecular complexity index is 1080. The van der Waals surface area contributed by atoms with Crippen molar-refractivity contribution in [3.63, 3.8) is 0 Å². The van der Waals surface area contributed by atoms with E-state index in [4.69, 9.17) is 14.2 Å². The average Bonchev–Trinajstić information content (AvgIpc) is 3.45. The lowest BCUT2D eigenvalue weighted by Gasteiger charge is -2.68. The van der Waals surface area contributed by atoms with Crippen molar-refractivity contribution < 1.29 is 59.9 Å². The molecule has 0 aromatic heterocycles. The topological polar surface area (TPSA) is 207 Å². The van der Waals surface area contributed by atoms with Crippen LogP contribution >= 0.6 is 0 Å². The van der Waals surface area contributed by atoms with E-state index in [9.17, 15) is 45.6 Å². The number of esters is 1. The molecular weight excluding hydrogens is 540 g/mol. The first-order chi connectivity index (χ1) is 19.2. The Labute approximate surface area is 238 Å². The quantitative estimate of drug-likeness (QED) is 0.140. The van der Waals surface area contributed by atoms with Crippen LogP contribution in [0.4, 0.5) is 0 Å². The van der Waals surface area contributed by atoms with Crippen molar-refractivity contribution in [3.8, 4) is 0 Å². The van der Waals surface area contributed by atoms with E-state index in [2.05, 4.69) is 0 Å². The highest BCUT2D eigenvalue weighted by atomic mass is 16.7. The number of cyclic esters (lactones) is 1. The van der Waals surface area contributed by atoms with Crippen molar-refractivity contribution >= 4 is 5.97 Å². The fraction of sp³-hybridized carbons (Fsp3) is 0.897. The number of aliphatic hydroxyl groups excluding tert-OH is 6. The van der Waals surface area contributed by atoms with Crippen molar-refractivity contribution in [1.29, 1.82) is 0 Å². The van der Waals surface area contributed by atoms with Gasteiger partial charge in [-0.25, -0.2) is 4.79 Å². The van der Waals surface area contributed by atoms with Gasteiger partial charge in [0, 0.05) is 30.3 Å². The van der Waals surface area contributed by atoms with Crippen LogP contribution in [-0.2, 0) is 19.0 Å². The minimum Gasteiger partial charge on any atom is -0.458 e. The van der Waals surface area contributed by atoms with Crippen LogP contribution in [0.3, 0.4) is 0 Å². The molecule has 0 spiro atoms. The number of aliphatic hydroxyl groups is 8. The van der Waals surface area contributed by atoms with E-state index in [1.54, 1.807) is 0 Å². The minimum absolute atomic E-state index is 0.0369. The lowest BCUT2D eigenvalue weighted by Crippen LogP contribution is -2.76. The Morgan fingerprint density at radius 2 is 1.76 bits per heavy atom. The van der Waals surface area contributed by atoms with Crippen LogP contribution in [0.15, 0.2) is 11.6 Å². The Morgan fingerprint density at radius 3 is 2.41 bits per heavy atom. The highest BCUT2D eigenvalue weighted by molar-refractivity contribution is 5.85. The van der Waals surface area contributed by atoms with Gasteiger partial charge in [0.2, 0.25) is 0 Å². The van der Waals surface area contributed by atoms with Gasteiger partial charge < -0.3 is 55.1 Å². The molecule has 2 aliphatic heterocycles. The number of rotatable bonds is 4. The van der Waals surface area contributed by atoms with Crippen molar-refractivity contribution in [2.45, 2.75) is 119 Å². The van der Waals surface area contributed by atoms with Gasteiger partial charge in [0.1, 0.15) is 24.9 Å². The molecule has 0 aromatic carbocycles. The second-order valence-electron chi connectivity index (χ2n) is 13.8. The van der Waals surface area contributed by atoms with Gasteiger partial charge in [-0.1, -0.05) is 6.92 Å². The van der Waals surface area contributed by atoms with Crippen LogP contribution < -0.4 is 0 Å². The van der Waals surface area contributed by atoms with Gasteiger partial charge in [-0.3, -0.25) is 0 Å². The first-order valence-electron chi connectivity index (χ1n) is 14.9. The third-order valence-electron chi connectivity index (χ3n) is 12.2. The van der Waals surface area contributed by atoms with E-state index < -0.39 is 95.5 Å². The molecule has 15 atom stereocenters. The van der Waals surface area contributed by atoms with Gasteiger partial charge in [0.15, 0.2) is 6.29 Å². The highest BCUT2D eigenvalue weighted by Gasteiger charge is 2.75. The summed E-state index contributed by atoms with van der Waals surface area (Å²) in [6.07, 6.45) is -6.68. The van der Waals surface area contributed by atoms with Gasteiger partial charge in [-0.05, 0) is 56.4 Å².